The highest BCUT2D eigenvalue weighted by molar-refractivity contribution is 7.78. The predicted octanol–water partition coefficient (Wildman–Crippen LogP) is 8.18. The zero-order chi connectivity index (χ0) is 38.7. The maximum atomic E-state index is 12.8. The fourth-order valence-corrected chi connectivity index (χ4v) is 4.45. The van der Waals surface area contributed by atoms with Crippen LogP contribution in [0.15, 0.2) is 114 Å². The number of aliphatic imine (C=N–C) groups is 1. The van der Waals surface area contributed by atoms with Crippen LogP contribution in [0.25, 0.3) is 0 Å². The number of hydrogen-bond donors (Lipinski definition) is 2. The molecule has 0 radical (unpaired) electrons. The fourth-order valence-electron chi connectivity index (χ4n) is 4.35. The topological polar surface area (TPSA) is 120 Å². The van der Waals surface area contributed by atoms with Gasteiger partial charge >= 0.3 is 6.36 Å². The number of carbonyl (C=O) groups excluding carboxylic acids is 4. The van der Waals surface area contributed by atoms with E-state index in [4.69, 9.17) is 0 Å². The number of hydrazine groups is 2. The summed E-state index contributed by atoms with van der Waals surface area (Å²) >= 11 is 4.55. The Morgan fingerprint density at radius 3 is 1.35 bits per heavy atom. The van der Waals surface area contributed by atoms with E-state index in [9.17, 15) is 32.3 Å². The van der Waals surface area contributed by atoms with Crippen LogP contribution in [0.1, 0.15) is 83.0 Å². The van der Waals surface area contributed by atoms with Crippen molar-refractivity contribution in [3.63, 3.8) is 0 Å². The smallest absolute Gasteiger partial charge is 0.406 e. The van der Waals surface area contributed by atoms with Gasteiger partial charge in [0.25, 0.3) is 23.6 Å². The van der Waals surface area contributed by atoms with Crippen LogP contribution in [0, 0.1) is 0 Å². The van der Waals surface area contributed by atoms with Gasteiger partial charge in [-0.15, -0.1) is 13.2 Å². The molecule has 0 aliphatic rings. The molecule has 0 heterocycles. The van der Waals surface area contributed by atoms with E-state index in [2.05, 4.69) is 38.0 Å². The number of nitrogens with zero attached hydrogens (tertiary/aromatic N) is 3. The Morgan fingerprint density at radius 2 is 0.962 bits per heavy atom. The van der Waals surface area contributed by atoms with Crippen molar-refractivity contribution in [2.24, 2.45) is 4.99 Å². The van der Waals surface area contributed by atoms with Gasteiger partial charge in [-0.2, -0.15) is 4.99 Å². The minimum Gasteiger partial charge on any atom is -0.406 e. The zero-order valence-corrected chi connectivity index (χ0v) is 30.1. The molecule has 0 unspecified atom stereocenters. The molecule has 0 aliphatic carbocycles. The third kappa shape index (κ3) is 12.2. The third-order valence-electron chi connectivity index (χ3n) is 6.87. The quantitative estimate of drug-likeness (QED) is 0.117. The average molecular weight is 734 g/mol. The van der Waals surface area contributed by atoms with E-state index in [0.717, 1.165) is 17.1 Å². The lowest BCUT2D eigenvalue weighted by molar-refractivity contribution is -0.274. The monoisotopic (exact) mass is 733 g/mol. The minimum absolute atomic E-state index is 0.104. The largest absolute Gasteiger partial charge is 0.573 e. The summed E-state index contributed by atoms with van der Waals surface area (Å²) in [5.41, 5.74) is 5.89. The molecule has 0 saturated heterocycles. The first-order valence-corrected chi connectivity index (χ1v) is 16.2. The summed E-state index contributed by atoms with van der Waals surface area (Å²) in [4.78, 5) is 54.4. The molecule has 2 N–H and O–H groups in total. The molecule has 0 spiro atoms. The van der Waals surface area contributed by atoms with E-state index in [1.165, 1.54) is 17.1 Å². The van der Waals surface area contributed by atoms with Crippen LogP contribution in [0.3, 0.4) is 0 Å². The third-order valence-corrected chi connectivity index (χ3v) is 6.96. The molecule has 52 heavy (non-hydrogen) atoms. The number of hydrogen-bond acceptors (Lipinski definition) is 7. The van der Waals surface area contributed by atoms with Gasteiger partial charge in [-0.1, -0.05) is 36.4 Å². The van der Waals surface area contributed by atoms with Crippen LogP contribution in [0.2, 0.25) is 0 Å². The number of ether oxygens (including phenoxy) is 1. The molecule has 0 bridgehead atoms. The lowest BCUT2D eigenvalue weighted by Crippen LogP contribution is -2.55. The Bertz CT molecular complexity index is 1890. The van der Waals surface area contributed by atoms with Gasteiger partial charge in [0, 0.05) is 22.3 Å². The van der Waals surface area contributed by atoms with Crippen molar-refractivity contribution >= 4 is 46.7 Å². The van der Waals surface area contributed by atoms with Gasteiger partial charge in [0.15, 0.2) is 0 Å². The van der Waals surface area contributed by atoms with Gasteiger partial charge in [-0.3, -0.25) is 30.0 Å². The number of halogens is 3. The van der Waals surface area contributed by atoms with Gasteiger partial charge in [0.2, 0.25) is 0 Å². The number of carbonyl (C=O) groups is 4. The van der Waals surface area contributed by atoms with Crippen molar-refractivity contribution in [2.75, 3.05) is 0 Å². The zero-order valence-electron chi connectivity index (χ0n) is 29.3. The lowest BCUT2D eigenvalue weighted by atomic mass is 10.1. The first kappa shape index (κ1) is 40.6. The Labute approximate surface area is 305 Å². The number of isothiocyanates is 1. The van der Waals surface area contributed by atoms with E-state index in [0.29, 0.717) is 22.4 Å². The first-order chi connectivity index (χ1) is 24.3. The highest BCUT2D eigenvalue weighted by Gasteiger charge is 2.33. The van der Waals surface area contributed by atoms with Crippen LogP contribution in [-0.4, -0.2) is 56.2 Å². The highest BCUT2D eigenvalue weighted by Crippen LogP contribution is 2.24. The van der Waals surface area contributed by atoms with Crippen LogP contribution in [0.4, 0.5) is 18.9 Å². The molecule has 4 amide bonds. The Balaban J connectivity index is 0.000000281. The summed E-state index contributed by atoms with van der Waals surface area (Å²) < 4.78 is 40.5. The van der Waals surface area contributed by atoms with Crippen molar-refractivity contribution in [3.8, 4) is 5.75 Å². The van der Waals surface area contributed by atoms with Crippen LogP contribution < -0.4 is 15.6 Å². The molecule has 0 fully saturated rings. The summed E-state index contributed by atoms with van der Waals surface area (Å²) in [5, 5.41) is 4.75. The Kier molecular flexibility index (Phi) is 13.6. The lowest BCUT2D eigenvalue weighted by Gasteiger charge is -2.35. The van der Waals surface area contributed by atoms with E-state index in [-0.39, 0.29) is 17.4 Å². The van der Waals surface area contributed by atoms with E-state index < -0.39 is 35.0 Å². The van der Waals surface area contributed by atoms with Gasteiger partial charge in [0.05, 0.1) is 21.9 Å². The SMILES string of the molecule is CC(C)(C)N(NC(=O)c1ccc(N=C=S)cc1)C(=O)c1ccccc1.CC(C)(C)N(NC(=O)c1ccccc1)C(=O)c1ccc(OC(F)(F)F)cc1. The molecule has 10 nitrogen and oxygen atoms in total. The summed E-state index contributed by atoms with van der Waals surface area (Å²) in [6, 6.07) is 28.2. The Hall–Kier alpha value is -5.85. The van der Waals surface area contributed by atoms with Crippen LogP contribution in [0.5, 0.6) is 5.75 Å². The number of amides is 4. The molecule has 4 rings (SSSR count). The standard InChI is InChI=1S/C19H19F3N2O3.C19H19N3O2S/c1-18(2,3)24(23-16(25)13-7-5-4-6-8-13)17(26)14-9-11-15(12-10-14)27-19(20,21)22;1-19(2,3)22(18(24)15-7-5-4-6-8-15)21-17(23)14-9-11-16(12-10-14)20-13-25/h4-12H,1-3H3,(H,23,25);4-12H,1-3H3,(H,21,23). The predicted molar refractivity (Wildman–Crippen MR) is 194 cm³/mol. The molecule has 4 aromatic carbocycles. The number of rotatable bonds is 6. The van der Waals surface area contributed by atoms with Crippen molar-refractivity contribution in [3.05, 3.63) is 131 Å². The average Bonchev–Trinajstić information content (AvgIpc) is 3.09. The van der Waals surface area contributed by atoms with E-state index >= 15 is 0 Å². The maximum absolute atomic E-state index is 12.8. The summed E-state index contributed by atoms with van der Waals surface area (Å²) in [6.45, 7) is 10.7. The highest BCUT2D eigenvalue weighted by atomic mass is 32.1. The second-order valence-corrected chi connectivity index (χ2v) is 13.2. The first-order valence-electron chi connectivity index (χ1n) is 15.7. The molecule has 272 valence electrons. The normalized spacial score (nSPS) is 11.1. The number of thiocarbonyl (C=S) groups is 1. The van der Waals surface area contributed by atoms with Crippen molar-refractivity contribution in [2.45, 2.75) is 59.0 Å². The van der Waals surface area contributed by atoms with Crippen molar-refractivity contribution in [1.29, 1.82) is 0 Å². The van der Waals surface area contributed by atoms with Gasteiger partial charge in [-0.05, 0) is 127 Å². The van der Waals surface area contributed by atoms with Gasteiger partial charge < -0.3 is 4.74 Å². The minimum atomic E-state index is -4.81. The summed E-state index contributed by atoms with van der Waals surface area (Å²) in [5.74, 6) is -2.13. The van der Waals surface area contributed by atoms with Gasteiger partial charge in [0.1, 0.15) is 5.75 Å². The van der Waals surface area contributed by atoms with E-state index in [1.807, 2.05) is 26.8 Å². The maximum Gasteiger partial charge on any atom is 0.573 e. The fraction of sp³-hybridized carbons (Fsp3) is 0.237. The molecule has 4 aromatic rings. The summed E-state index contributed by atoms with van der Waals surface area (Å²) in [7, 11) is 0. The number of alkyl halides is 3. The molecule has 14 heteroatoms. The van der Waals surface area contributed by atoms with E-state index in [1.54, 1.807) is 99.6 Å². The molecule has 0 atom stereocenters. The molecule has 0 saturated carbocycles. The van der Waals surface area contributed by atoms with Crippen molar-refractivity contribution < 1.29 is 37.1 Å². The number of benzene rings is 4. The summed E-state index contributed by atoms with van der Waals surface area (Å²) in [6.07, 6.45) is -4.81. The van der Waals surface area contributed by atoms with Crippen molar-refractivity contribution in [1.82, 2.24) is 20.9 Å². The van der Waals surface area contributed by atoms with Crippen LogP contribution in [-0.2, 0) is 0 Å². The van der Waals surface area contributed by atoms with Gasteiger partial charge in [-0.25, -0.2) is 10.0 Å². The molecular weight excluding hydrogens is 696 g/mol. The molecule has 0 aromatic heterocycles. The second kappa shape index (κ2) is 17.4. The second-order valence-electron chi connectivity index (χ2n) is 13.1. The number of nitrogens with one attached hydrogen (secondary N) is 2. The molecular formula is C38H38F3N5O5S. The molecule has 0 aliphatic heterocycles. The Morgan fingerprint density at radius 1 is 0.596 bits per heavy atom. The van der Waals surface area contributed by atoms with Crippen LogP contribution >= 0.6 is 12.2 Å².